The summed E-state index contributed by atoms with van der Waals surface area (Å²) in [5.74, 6) is -0.255. The summed E-state index contributed by atoms with van der Waals surface area (Å²) in [7, 11) is 0. The molecule has 0 bridgehead atoms. The first-order valence-electron chi connectivity index (χ1n) is 7.02. The maximum Gasteiger partial charge on any atom is 0.240 e. The Morgan fingerprint density at radius 2 is 1.95 bits per heavy atom. The van der Waals surface area contributed by atoms with E-state index in [1.807, 2.05) is 36.4 Å². The first-order chi connectivity index (χ1) is 10.1. The number of hydrogen-bond donors (Lipinski definition) is 3. The molecule has 21 heavy (non-hydrogen) atoms. The van der Waals surface area contributed by atoms with Crippen LogP contribution in [0.2, 0.25) is 0 Å². The molecule has 2 unspecified atom stereocenters. The first kappa shape index (κ1) is 13.8. The monoisotopic (exact) mass is 282 g/mol. The summed E-state index contributed by atoms with van der Waals surface area (Å²) in [6, 6.07) is 13.3. The number of carbonyl (C=O) groups excluding carboxylic acids is 1. The van der Waals surface area contributed by atoms with Gasteiger partial charge in [0.2, 0.25) is 5.91 Å². The van der Waals surface area contributed by atoms with Gasteiger partial charge in [0, 0.05) is 11.6 Å². The van der Waals surface area contributed by atoms with Crippen molar-refractivity contribution >= 4 is 11.6 Å². The highest BCUT2D eigenvalue weighted by Gasteiger charge is 2.28. The van der Waals surface area contributed by atoms with Crippen molar-refractivity contribution in [2.75, 3.05) is 11.9 Å². The van der Waals surface area contributed by atoms with Crippen LogP contribution in [-0.2, 0) is 4.79 Å². The standard InChI is InChI=1S/C17H18N2O2/c1-10(18)17(21)19-11-6-7-14-12-4-2-3-5-13(12)16(9-20)15(14)8-11/h2-8,10,16,20H,9,18H2,1H3,(H,19,21). The van der Waals surface area contributed by atoms with E-state index >= 15 is 0 Å². The zero-order valence-electron chi connectivity index (χ0n) is 11.8. The molecule has 2 aromatic rings. The number of amides is 1. The molecule has 0 heterocycles. The molecule has 4 N–H and O–H groups in total. The average molecular weight is 282 g/mol. The van der Waals surface area contributed by atoms with E-state index in [1.165, 1.54) is 0 Å². The van der Waals surface area contributed by atoms with Crippen LogP contribution in [0.15, 0.2) is 42.5 Å². The fraction of sp³-hybridized carbons (Fsp3) is 0.235. The third kappa shape index (κ3) is 2.33. The average Bonchev–Trinajstić information content (AvgIpc) is 2.80. The Labute approximate surface area is 123 Å². The third-order valence-corrected chi connectivity index (χ3v) is 3.92. The zero-order valence-corrected chi connectivity index (χ0v) is 11.8. The van der Waals surface area contributed by atoms with Crippen molar-refractivity contribution in [3.05, 3.63) is 53.6 Å². The number of aliphatic hydroxyl groups is 1. The minimum atomic E-state index is -0.552. The van der Waals surface area contributed by atoms with E-state index in [-0.39, 0.29) is 18.4 Å². The van der Waals surface area contributed by atoms with Crippen molar-refractivity contribution in [1.82, 2.24) is 0 Å². The summed E-state index contributed by atoms with van der Waals surface area (Å²) in [5, 5.41) is 12.5. The molecule has 0 aliphatic heterocycles. The minimum Gasteiger partial charge on any atom is -0.395 e. The smallest absolute Gasteiger partial charge is 0.240 e. The van der Waals surface area contributed by atoms with Gasteiger partial charge in [0.1, 0.15) is 0 Å². The molecule has 1 amide bonds. The maximum atomic E-state index is 11.7. The molecular weight excluding hydrogens is 264 g/mol. The number of benzene rings is 2. The number of nitrogens with two attached hydrogens (primary N) is 1. The zero-order chi connectivity index (χ0) is 15.0. The lowest BCUT2D eigenvalue weighted by molar-refractivity contribution is -0.117. The number of fused-ring (bicyclic) bond motifs is 3. The molecule has 0 saturated heterocycles. The van der Waals surface area contributed by atoms with E-state index in [2.05, 4.69) is 11.4 Å². The minimum absolute atomic E-state index is 0.0386. The maximum absolute atomic E-state index is 11.7. The van der Waals surface area contributed by atoms with Crippen molar-refractivity contribution in [2.24, 2.45) is 5.73 Å². The number of rotatable bonds is 3. The Hall–Kier alpha value is -2.17. The van der Waals surface area contributed by atoms with Crippen molar-refractivity contribution in [2.45, 2.75) is 18.9 Å². The second-order valence-corrected chi connectivity index (χ2v) is 5.40. The summed E-state index contributed by atoms with van der Waals surface area (Å²) in [4.78, 5) is 11.7. The molecule has 0 spiro atoms. The lowest BCUT2D eigenvalue weighted by atomic mass is 9.98. The predicted molar refractivity (Wildman–Crippen MR) is 83.1 cm³/mol. The predicted octanol–water partition coefficient (Wildman–Crippen LogP) is 2.08. The molecule has 3 rings (SSSR count). The molecule has 2 atom stereocenters. The van der Waals surface area contributed by atoms with Crippen LogP contribution in [0.25, 0.3) is 11.1 Å². The molecule has 0 aromatic heterocycles. The van der Waals surface area contributed by atoms with Gasteiger partial charge < -0.3 is 16.2 Å². The Morgan fingerprint density at radius 3 is 2.67 bits per heavy atom. The van der Waals surface area contributed by atoms with Crippen LogP contribution in [0.5, 0.6) is 0 Å². The van der Waals surface area contributed by atoms with Gasteiger partial charge in [-0.3, -0.25) is 4.79 Å². The van der Waals surface area contributed by atoms with Gasteiger partial charge in [-0.05, 0) is 41.3 Å². The summed E-state index contributed by atoms with van der Waals surface area (Å²) in [6.45, 7) is 1.70. The molecule has 1 aliphatic carbocycles. The number of nitrogens with one attached hydrogen (secondary N) is 1. The van der Waals surface area contributed by atoms with E-state index in [0.29, 0.717) is 5.69 Å². The van der Waals surface area contributed by atoms with Crippen LogP contribution in [-0.4, -0.2) is 23.7 Å². The first-order valence-corrected chi connectivity index (χ1v) is 7.02. The molecule has 4 nitrogen and oxygen atoms in total. The molecule has 108 valence electrons. The quantitative estimate of drug-likeness (QED) is 0.806. The summed E-state index contributed by atoms with van der Waals surface area (Å²) < 4.78 is 0. The Bertz CT molecular complexity index is 695. The van der Waals surface area contributed by atoms with Crippen molar-refractivity contribution in [3.8, 4) is 11.1 Å². The van der Waals surface area contributed by atoms with Crippen LogP contribution >= 0.6 is 0 Å². The van der Waals surface area contributed by atoms with Crippen LogP contribution in [0.3, 0.4) is 0 Å². The van der Waals surface area contributed by atoms with Crippen LogP contribution in [0, 0.1) is 0 Å². The fourth-order valence-corrected chi connectivity index (χ4v) is 2.84. The molecule has 0 fully saturated rings. The van der Waals surface area contributed by atoms with E-state index in [4.69, 9.17) is 5.73 Å². The molecule has 0 saturated carbocycles. The summed E-state index contributed by atoms with van der Waals surface area (Å²) in [6.07, 6.45) is 0. The second kappa shape index (κ2) is 5.31. The van der Waals surface area contributed by atoms with Gasteiger partial charge in [0.15, 0.2) is 0 Å². The van der Waals surface area contributed by atoms with E-state index in [1.54, 1.807) is 6.92 Å². The normalized spacial score (nSPS) is 17.0. The number of anilines is 1. The molecule has 2 aromatic carbocycles. The fourth-order valence-electron chi connectivity index (χ4n) is 2.84. The Morgan fingerprint density at radius 1 is 1.24 bits per heavy atom. The Balaban J connectivity index is 2.01. The molecular formula is C17H18N2O2. The topological polar surface area (TPSA) is 75.4 Å². The van der Waals surface area contributed by atoms with E-state index < -0.39 is 6.04 Å². The van der Waals surface area contributed by atoms with Gasteiger partial charge in [0.25, 0.3) is 0 Å². The summed E-state index contributed by atoms with van der Waals surface area (Å²) in [5.41, 5.74) is 10.7. The van der Waals surface area contributed by atoms with Gasteiger partial charge >= 0.3 is 0 Å². The molecule has 1 aliphatic rings. The van der Waals surface area contributed by atoms with E-state index in [9.17, 15) is 9.90 Å². The number of carbonyl (C=O) groups is 1. The van der Waals surface area contributed by atoms with Crippen LogP contribution in [0.4, 0.5) is 5.69 Å². The highest BCUT2D eigenvalue weighted by molar-refractivity contribution is 5.95. The summed E-state index contributed by atoms with van der Waals surface area (Å²) >= 11 is 0. The van der Waals surface area contributed by atoms with Crippen LogP contribution < -0.4 is 11.1 Å². The van der Waals surface area contributed by atoms with Crippen LogP contribution in [0.1, 0.15) is 24.0 Å². The molecule has 0 radical (unpaired) electrons. The third-order valence-electron chi connectivity index (χ3n) is 3.92. The largest absolute Gasteiger partial charge is 0.395 e. The lowest BCUT2D eigenvalue weighted by Crippen LogP contribution is -2.32. The highest BCUT2D eigenvalue weighted by atomic mass is 16.3. The van der Waals surface area contributed by atoms with Crippen molar-refractivity contribution in [1.29, 1.82) is 0 Å². The second-order valence-electron chi connectivity index (χ2n) is 5.40. The molecule has 4 heteroatoms. The SMILES string of the molecule is CC(N)C(=O)Nc1ccc2c(c1)C(CO)c1ccccc1-2. The van der Waals surface area contributed by atoms with Gasteiger partial charge in [-0.1, -0.05) is 30.3 Å². The number of hydrogen-bond acceptors (Lipinski definition) is 3. The van der Waals surface area contributed by atoms with Crippen molar-refractivity contribution in [3.63, 3.8) is 0 Å². The van der Waals surface area contributed by atoms with Gasteiger partial charge in [-0.25, -0.2) is 0 Å². The van der Waals surface area contributed by atoms with E-state index in [0.717, 1.165) is 22.3 Å². The highest BCUT2D eigenvalue weighted by Crippen LogP contribution is 2.45. The van der Waals surface area contributed by atoms with Gasteiger partial charge in [-0.2, -0.15) is 0 Å². The van der Waals surface area contributed by atoms with Gasteiger partial charge in [0.05, 0.1) is 12.6 Å². The Kier molecular flexibility index (Phi) is 3.49. The lowest BCUT2D eigenvalue weighted by Gasteiger charge is -2.12. The number of aliphatic hydroxyl groups excluding tert-OH is 1. The van der Waals surface area contributed by atoms with Crippen molar-refractivity contribution < 1.29 is 9.90 Å². The van der Waals surface area contributed by atoms with Gasteiger partial charge in [-0.15, -0.1) is 0 Å².